The minimum atomic E-state index is -0.842. The molecule has 0 aliphatic rings. The van der Waals surface area contributed by atoms with Gasteiger partial charge in [-0.25, -0.2) is 0 Å². The number of allylic oxidation sites excluding steroid dienone is 2. The Bertz CT molecular complexity index is 316. The highest BCUT2D eigenvalue weighted by atomic mass is 16.6. The van der Waals surface area contributed by atoms with E-state index in [1.807, 2.05) is 27.7 Å². The molecule has 0 aliphatic carbocycles. The van der Waals surface area contributed by atoms with Crippen LogP contribution >= 0.6 is 0 Å². The van der Waals surface area contributed by atoms with Gasteiger partial charge in [0.25, 0.3) is 0 Å². The predicted molar refractivity (Wildman–Crippen MR) is 79.1 cm³/mol. The molecule has 0 radical (unpaired) electrons. The van der Waals surface area contributed by atoms with Gasteiger partial charge < -0.3 is 9.47 Å². The molecular formula is C16H26O4. The number of hydrogen-bond donors (Lipinski definition) is 0. The fourth-order valence-electron chi connectivity index (χ4n) is 1.82. The minimum Gasteiger partial charge on any atom is -0.461 e. The van der Waals surface area contributed by atoms with Crippen LogP contribution in [0.4, 0.5) is 0 Å². The summed E-state index contributed by atoms with van der Waals surface area (Å²) < 4.78 is 10.2. The highest BCUT2D eigenvalue weighted by molar-refractivity contribution is 5.95. The van der Waals surface area contributed by atoms with Crippen LogP contribution in [0.5, 0.6) is 0 Å². The van der Waals surface area contributed by atoms with Crippen LogP contribution in [0.25, 0.3) is 0 Å². The van der Waals surface area contributed by atoms with Crippen molar-refractivity contribution in [3.05, 3.63) is 24.3 Å². The largest absolute Gasteiger partial charge is 0.461 e. The molecule has 0 aromatic carbocycles. The molecule has 0 fully saturated rings. The molecule has 1 unspecified atom stereocenters. The van der Waals surface area contributed by atoms with E-state index in [1.54, 1.807) is 24.3 Å². The SMILES string of the molecule is C/C=C/COC(=O)C(C(=O)OC/C=C/C)C(C)CCC. The third-order valence-electron chi connectivity index (χ3n) is 2.94. The highest BCUT2D eigenvalue weighted by Gasteiger charge is 2.34. The Morgan fingerprint density at radius 3 is 1.80 bits per heavy atom. The number of hydrogen-bond acceptors (Lipinski definition) is 4. The molecule has 0 aromatic rings. The van der Waals surface area contributed by atoms with Crippen LogP contribution in [0.2, 0.25) is 0 Å². The van der Waals surface area contributed by atoms with Gasteiger partial charge in [0, 0.05) is 0 Å². The zero-order valence-corrected chi connectivity index (χ0v) is 12.9. The van der Waals surface area contributed by atoms with Crippen LogP contribution in [0.15, 0.2) is 24.3 Å². The van der Waals surface area contributed by atoms with Crippen molar-refractivity contribution in [1.82, 2.24) is 0 Å². The molecule has 114 valence electrons. The van der Waals surface area contributed by atoms with Crippen LogP contribution in [0.3, 0.4) is 0 Å². The van der Waals surface area contributed by atoms with Gasteiger partial charge in [-0.1, -0.05) is 44.6 Å². The molecule has 0 aliphatic heterocycles. The first kappa shape index (κ1) is 18.4. The van der Waals surface area contributed by atoms with Crippen molar-refractivity contribution >= 4 is 11.9 Å². The molecule has 1 atom stereocenters. The van der Waals surface area contributed by atoms with Crippen LogP contribution in [-0.4, -0.2) is 25.2 Å². The minimum absolute atomic E-state index is 0.0868. The Morgan fingerprint density at radius 1 is 1.00 bits per heavy atom. The highest BCUT2D eigenvalue weighted by Crippen LogP contribution is 2.20. The van der Waals surface area contributed by atoms with Crippen molar-refractivity contribution in [2.45, 2.75) is 40.5 Å². The predicted octanol–water partition coefficient (Wildman–Crippen LogP) is 3.28. The molecule has 0 aromatic heterocycles. The summed E-state index contributed by atoms with van der Waals surface area (Å²) >= 11 is 0. The molecule has 0 N–H and O–H groups in total. The van der Waals surface area contributed by atoms with Crippen molar-refractivity contribution in [2.75, 3.05) is 13.2 Å². The fourth-order valence-corrected chi connectivity index (χ4v) is 1.82. The molecule has 0 saturated heterocycles. The van der Waals surface area contributed by atoms with E-state index in [2.05, 4.69) is 0 Å². The van der Waals surface area contributed by atoms with Crippen LogP contribution < -0.4 is 0 Å². The molecule has 0 bridgehead atoms. The lowest BCUT2D eigenvalue weighted by atomic mass is 9.90. The first-order valence-corrected chi connectivity index (χ1v) is 7.14. The van der Waals surface area contributed by atoms with E-state index in [0.717, 1.165) is 12.8 Å². The van der Waals surface area contributed by atoms with Gasteiger partial charge in [-0.05, 0) is 26.2 Å². The second kappa shape index (κ2) is 11.3. The average molecular weight is 282 g/mol. The smallest absolute Gasteiger partial charge is 0.320 e. The number of carbonyl (C=O) groups is 2. The Balaban J connectivity index is 4.69. The second-order valence-corrected chi connectivity index (χ2v) is 4.64. The summed E-state index contributed by atoms with van der Waals surface area (Å²) in [4.78, 5) is 24.1. The maximum absolute atomic E-state index is 12.0. The van der Waals surface area contributed by atoms with E-state index in [0.29, 0.717) is 0 Å². The molecule has 0 spiro atoms. The van der Waals surface area contributed by atoms with Crippen molar-refractivity contribution in [1.29, 1.82) is 0 Å². The Morgan fingerprint density at radius 2 is 1.45 bits per heavy atom. The Labute approximate surface area is 121 Å². The van der Waals surface area contributed by atoms with E-state index < -0.39 is 17.9 Å². The van der Waals surface area contributed by atoms with E-state index in [9.17, 15) is 9.59 Å². The Hall–Kier alpha value is -1.58. The van der Waals surface area contributed by atoms with Crippen molar-refractivity contribution in [3.63, 3.8) is 0 Å². The van der Waals surface area contributed by atoms with Gasteiger partial charge >= 0.3 is 11.9 Å². The molecule has 4 heteroatoms. The van der Waals surface area contributed by atoms with Gasteiger partial charge in [-0.2, -0.15) is 0 Å². The van der Waals surface area contributed by atoms with Gasteiger partial charge in [0.15, 0.2) is 5.92 Å². The summed E-state index contributed by atoms with van der Waals surface area (Å²) in [6.45, 7) is 7.96. The van der Waals surface area contributed by atoms with Crippen LogP contribution in [-0.2, 0) is 19.1 Å². The van der Waals surface area contributed by atoms with E-state index in [-0.39, 0.29) is 19.1 Å². The first-order chi connectivity index (χ1) is 9.58. The van der Waals surface area contributed by atoms with Gasteiger partial charge in [0.2, 0.25) is 0 Å². The average Bonchev–Trinajstić information content (AvgIpc) is 2.40. The van der Waals surface area contributed by atoms with E-state index >= 15 is 0 Å². The molecule has 0 amide bonds. The summed E-state index contributed by atoms with van der Waals surface area (Å²) in [7, 11) is 0. The molecule has 20 heavy (non-hydrogen) atoms. The third-order valence-corrected chi connectivity index (χ3v) is 2.94. The summed E-state index contributed by atoms with van der Waals surface area (Å²) in [5.74, 6) is -1.94. The first-order valence-electron chi connectivity index (χ1n) is 7.14. The fraction of sp³-hybridized carbons (Fsp3) is 0.625. The van der Waals surface area contributed by atoms with E-state index in [1.165, 1.54) is 0 Å². The quantitative estimate of drug-likeness (QED) is 0.370. The van der Waals surface area contributed by atoms with Gasteiger partial charge in [-0.3, -0.25) is 9.59 Å². The zero-order valence-electron chi connectivity index (χ0n) is 12.9. The number of ether oxygens (including phenoxy) is 2. The number of rotatable bonds is 9. The lowest BCUT2D eigenvalue weighted by molar-refractivity contribution is -0.163. The number of esters is 2. The second-order valence-electron chi connectivity index (χ2n) is 4.64. The van der Waals surface area contributed by atoms with E-state index in [4.69, 9.17) is 9.47 Å². The van der Waals surface area contributed by atoms with Crippen molar-refractivity contribution in [3.8, 4) is 0 Å². The molecule has 4 nitrogen and oxygen atoms in total. The van der Waals surface area contributed by atoms with Gasteiger partial charge in [0.05, 0.1) is 0 Å². The summed E-state index contributed by atoms with van der Waals surface area (Å²) in [5.41, 5.74) is 0. The lowest BCUT2D eigenvalue weighted by Gasteiger charge is -2.20. The molecule has 0 saturated carbocycles. The third kappa shape index (κ3) is 7.12. The summed E-state index contributed by atoms with van der Waals surface area (Å²) in [6, 6.07) is 0. The topological polar surface area (TPSA) is 52.6 Å². The zero-order chi connectivity index (χ0) is 15.4. The molecular weight excluding hydrogens is 256 g/mol. The lowest BCUT2D eigenvalue weighted by Crippen LogP contribution is -2.33. The van der Waals surface area contributed by atoms with Crippen molar-refractivity contribution < 1.29 is 19.1 Å². The van der Waals surface area contributed by atoms with Crippen molar-refractivity contribution in [2.24, 2.45) is 11.8 Å². The normalized spacial score (nSPS) is 13.1. The molecule has 0 heterocycles. The Kier molecular flexibility index (Phi) is 10.4. The van der Waals surface area contributed by atoms with Gasteiger partial charge in [0.1, 0.15) is 13.2 Å². The summed E-state index contributed by atoms with van der Waals surface area (Å²) in [5, 5.41) is 0. The maximum atomic E-state index is 12.0. The summed E-state index contributed by atoms with van der Waals surface area (Å²) in [6.07, 6.45) is 8.73. The maximum Gasteiger partial charge on any atom is 0.320 e. The van der Waals surface area contributed by atoms with Crippen LogP contribution in [0, 0.1) is 11.8 Å². The number of carbonyl (C=O) groups excluding carboxylic acids is 2. The monoisotopic (exact) mass is 282 g/mol. The standard InChI is InChI=1S/C16H26O4/c1-5-8-11-19-15(17)14(13(4)10-7-3)16(18)20-12-9-6-2/h5-6,8-9,13-14H,7,10-12H2,1-4H3/b8-5+,9-6+. The van der Waals surface area contributed by atoms with Gasteiger partial charge in [-0.15, -0.1) is 0 Å². The molecule has 0 rings (SSSR count). The van der Waals surface area contributed by atoms with Crippen LogP contribution in [0.1, 0.15) is 40.5 Å².